The van der Waals surface area contributed by atoms with Gasteiger partial charge in [0.25, 0.3) is 0 Å². The van der Waals surface area contributed by atoms with E-state index in [1.165, 1.54) is 12.1 Å². The van der Waals surface area contributed by atoms with E-state index in [1.54, 1.807) is 40.7 Å². The molecule has 3 rings (SSSR count). The molecule has 0 atom stereocenters. The lowest BCUT2D eigenvalue weighted by Crippen LogP contribution is -2.48. The molecule has 1 aliphatic rings. The van der Waals surface area contributed by atoms with Crippen molar-refractivity contribution in [2.24, 2.45) is 0 Å². The van der Waals surface area contributed by atoms with Gasteiger partial charge in [-0.2, -0.15) is 4.31 Å². The van der Waals surface area contributed by atoms with E-state index < -0.39 is 10.0 Å². The van der Waals surface area contributed by atoms with Crippen LogP contribution in [0.4, 0.5) is 4.39 Å². The summed E-state index contributed by atoms with van der Waals surface area (Å²) in [4.78, 5) is 2.59. The maximum atomic E-state index is 12.8. The minimum absolute atomic E-state index is 0.277. The third-order valence-electron chi connectivity index (χ3n) is 4.41. The molecule has 0 bridgehead atoms. The van der Waals surface area contributed by atoms with Crippen molar-refractivity contribution in [1.29, 1.82) is 0 Å². The van der Waals surface area contributed by atoms with Gasteiger partial charge in [0.2, 0.25) is 10.0 Å². The second kappa shape index (κ2) is 8.62. The van der Waals surface area contributed by atoms with E-state index in [-0.39, 0.29) is 5.82 Å². The molecule has 1 saturated heterocycles. The number of piperazine rings is 1. The third-order valence-corrected chi connectivity index (χ3v) is 6.33. The lowest BCUT2D eigenvalue weighted by molar-refractivity contribution is 0.174. The first kappa shape index (κ1) is 18.8. The van der Waals surface area contributed by atoms with Crippen LogP contribution in [-0.4, -0.2) is 57.0 Å². The van der Waals surface area contributed by atoms with Crippen molar-refractivity contribution >= 4 is 10.0 Å². The molecule has 1 fully saturated rings. The van der Waals surface area contributed by atoms with E-state index in [0.29, 0.717) is 43.4 Å². The van der Waals surface area contributed by atoms with Gasteiger partial charge in [0, 0.05) is 32.7 Å². The fourth-order valence-corrected chi connectivity index (χ4v) is 4.39. The van der Waals surface area contributed by atoms with Crippen LogP contribution in [-0.2, 0) is 10.0 Å². The summed E-state index contributed by atoms with van der Waals surface area (Å²) >= 11 is 0. The standard InChI is InChI=1S/C19H23FN2O3S/c20-17-7-9-18(10-8-17)25-16-4-11-21-12-14-22(15-13-21)26(23,24)19-5-2-1-3-6-19/h1-3,5-10H,4,11-16H2. The van der Waals surface area contributed by atoms with E-state index >= 15 is 0 Å². The number of halogens is 1. The summed E-state index contributed by atoms with van der Waals surface area (Å²) in [6.07, 6.45) is 0.836. The van der Waals surface area contributed by atoms with Crippen molar-refractivity contribution in [1.82, 2.24) is 9.21 Å². The predicted molar refractivity (Wildman–Crippen MR) is 98.2 cm³/mol. The van der Waals surface area contributed by atoms with Gasteiger partial charge in [-0.3, -0.25) is 0 Å². The molecule has 0 N–H and O–H groups in total. The molecule has 0 aliphatic carbocycles. The Labute approximate surface area is 154 Å². The fraction of sp³-hybridized carbons (Fsp3) is 0.368. The first-order chi connectivity index (χ1) is 12.6. The topological polar surface area (TPSA) is 49.9 Å². The first-order valence-corrected chi connectivity index (χ1v) is 10.2. The SMILES string of the molecule is O=S(=O)(c1ccccc1)N1CCN(CCCOc2ccc(F)cc2)CC1. The largest absolute Gasteiger partial charge is 0.494 e. The first-order valence-electron chi connectivity index (χ1n) is 8.72. The Morgan fingerprint density at radius 1 is 0.923 bits per heavy atom. The highest BCUT2D eigenvalue weighted by Crippen LogP contribution is 2.17. The van der Waals surface area contributed by atoms with E-state index in [4.69, 9.17) is 4.74 Å². The molecule has 1 heterocycles. The summed E-state index contributed by atoms with van der Waals surface area (Å²) in [5, 5.41) is 0. The molecular weight excluding hydrogens is 355 g/mol. The van der Waals surface area contributed by atoms with Crippen LogP contribution in [0.1, 0.15) is 6.42 Å². The lowest BCUT2D eigenvalue weighted by Gasteiger charge is -2.33. The van der Waals surface area contributed by atoms with E-state index in [2.05, 4.69) is 4.90 Å². The molecule has 2 aromatic carbocycles. The molecule has 5 nitrogen and oxygen atoms in total. The Kier molecular flexibility index (Phi) is 6.24. The van der Waals surface area contributed by atoms with Crippen molar-refractivity contribution in [2.75, 3.05) is 39.3 Å². The Hall–Kier alpha value is -1.96. The molecule has 0 amide bonds. The summed E-state index contributed by atoms with van der Waals surface area (Å²) in [5.41, 5.74) is 0. The van der Waals surface area contributed by atoms with Crippen LogP contribution in [0.2, 0.25) is 0 Å². The van der Waals surface area contributed by atoms with Gasteiger partial charge in [-0.15, -0.1) is 0 Å². The number of benzene rings is 2. The van der Waals surface area contributed by atoms with E-state index in [9.17, 15) is 12.8 Å². The third kappa shape index (κ3) is 4.81. The Bertz CT molecular complexity index is 789. The summed E-state index contributed by atoms with van der Waals surface area (Å²) in [7, 11) is -3.40. The highest BCUT2D eigenvalue weighted by Gasteiger charge is 2.27. The summed E-state index contributed by atoms with van der Waals surface area (Å²) in [5.74, 6) is 0.380. The number of rotatable bonds is 7. The normalized spacial score (nSPS) is 16.5. The van der Waals surface area contributed by atoms with E-state index in [1.807, 2.05) is 6.07 Å². The number of hydrogen-bond acceptors (Lipinski definition) is 4. The molecule has 140 valence electrons. The second-order valence-corrected chi connectivity index (χ2v) is 8.15. The number of hydrogen-bond donors (Lipinski definition) is 0. The van der Waals surface area contributed by atoms with Crippen molar-refractivity contribution in [3.05, 3.63) is 60.4 Å². The van der Waals surface area contributed by atoms with Crippen LogP contribution in [0.3, 0.4) is 0 Å². The fourth-order valence-electron chi connectivity index (χ4n) is 2.94. The maximum Gasteiger partial charge on any atom is 0.243 e. The minimum atomic E-state index is -3.40. The summed E-state index contributed by atoms with van der Waals surface area (Å²) in [6.45, 7) is 3.81. The Balaban J connectivity index is 1.40. The van der Waals surface area contributed by atoms with Crippen LogP contribution in [0, 0.1) is 5.82 Å². The second-order valence-electron chi connectivity index (χ2n) is 6.21. The quantitative estimate of drug-likeness (QED) is 0.695. The summed E-state index contributed by atoms with van der Waals surface area (Å²) in [6, 6.07) is 14.5. The molecule has 0 unspecified atom stereocenters. The van der Waals surface area contributed by atoms with Crippen molar-refractivity contribution < 1.29 is 17.5 Å². The van der Waals surface area contributed by atoms with Crippen molar-refractivity contribution in [2.45, 2.75) is 11.3 Å². The predicted octanol–water partition coefficient (Wildman–Crippen LogP) is 2.60. The highest BCUT2D eigenvalue weighted by molar-refractivity contribution is 7.89. The van der Waals surface area contributed by atoms with Crippen LogP contribution >= 0.6 is 0 Å². The zero-order chi connectivity index (χ0) is 18.4. The average Bonchev–Trinajstić information content (AvgIpc) is 2.68. The maximum absolute atomic E-state index is 12.8. The molecular formula is C19H23FN2O3S. The lowest BCUT2D eigenvalue weighted by atomic mass is 10.3. The van der Waals surface area contributed by atoms with Crippen LogP contribution in [0.5, 0.6) is 5.75 Å². The summed E-state index contributed by atoms with van der Waals surface area (Å²) < 4.78 is 45.2. The molecule has 0 aromatic heterocycles. The van der Waals surface area contributed by atoms with Crippen LogP contribution in [0.25, 0.3) is 0 Å². The average molecular weight is 378 g/mol. The van der Waals surface area contributed by atoms with Gasteiger partial charge >= 0.3 is 0 Å². The zero-order valence-electron chi connectivity index (χ0n) is 14.6. The molecule has 0 saturated carbocycles. The number of ether oxygens (including phenoxy) is 1. The van der Waals surface area contributed by atoms with Gasteiger partial charge in [0.1, 0.15) is 11.6 Å². The minimum Gasteiger partial charge on any atom is -0.494 e. The van der Waals surface area contributed by atoms with Crippen LogP contribution in [0.15, 0.2) is 59.5 Å². The molecule has 0 radical (unpaired) electrons. The van der Waals surface area contributed by atoms with Crippen LogP contribution < -0.4 is 4.74 Å². The molecule has 7 heteroatoms. The zero-order valence-corrected chi connectivity index (χ0v) is 15.4. The van der Waals surface area contributed by atoms with Gasteiger partial charge in [-0.05, 0) is 42.8 Å². The molecule has 0 spiro atoms. The Morgan fingerprint density at radius 2 is 1.58 bits per heavy atom. The van der Waals surface area contributed by atoms with E-state index in [0.717, 1.165) is 13.0 Å². The van der Waals surface area contributed by atoms with Gasteiger partial charge < -0.3 is 9.64 Å². The molecule has 2 aromatic rings. The monoisotopic (exact) mass is 378 g/mol. The number of nitrogens with zero attached hydrogens (tertiary/aromatic N) is 2. The van der Waals surface area contributed by atoms with Crippen molar-refractivity contribution in [3.8, 4) is 5.75 Å². The van der Waals surface area contributed by atoms with Gasteiger partial charge in [0.15, 0.2) is 0 Å². The smallest absolute Gasteiger partial charge is 0.243 e. The van der Waals surface area contributed by atoms with Gasteiger partial charge in [-0.25, -0.2) is 12.8 Å². The molecule has 26 heavy (non-hydrogen) atoms. The Morgan fingerprint density at radius 3 is 2.23 bits per heavy atom. The highest BCUT2D eigenvalue weighted by atomic mass is 32.2. The van der Waals surface area contributed by atoms with Crippen molar-refractivity contribution in [3.63, 3.8) is 0 Å². The van der Waals surface area contributed by atoms with Gasteiger partial charge in [0.05, 0.1) is 11.5 Å². The van der Waals surface area contributed by atoms with Gasteiger partial charge in [-0.1, -0.05) is 18.2 Å². The molecule has 1 aliphatic heterocycles. The number of sulfonamides is 1.